The molecule has 1 unspecified atom stereocenters. The number of hydrogen-bond acceptors (Lipinski definition) is 4. The summed E-state index contributed by atoms with van der Waals surface area (Å²) < 4.78 is 0. The van der Waals surface area contributed by atoms with Crippen molar-refractivity contribution in [2.24, 2.45) is 5.92 Å². The highest BCUT2D eigenvalue weighted by Gasteiger charge is 2.06. The Labute approximate surface area is 106 Å². The van der Waals surface area contributed by atoms with Crippen LogP contribution in [0.2, 0.25) is 0 Å². The quantitative estimate of drug-likeness (QED) is 0.880. The van der Waals surface area contributed by atoms with Crippen LogP contribution in [-0.2, 0) is 4.79 Å². The molecule has 4 nitrogen and oxygen atoms in total. The maximum absolute atomic E-state index is 10.7. The molecule has 0 saturated carbocycles. The fourth-order valence-corrected chi connectivity index (χ4v) is 1.80. The van der Waals surface area contributed by atoms with Crippen molar-refractivity contribution >= 4 is 22.6 Å². The Kier molecular flexibility index (Phi) is 3.46. The summed E-state index contributed by atoms with van der Waals surface area (Å²) in [5.41, 5.74) is 2.86. The van der Waals surface area contributed by atoms with Crippen molar-refractivity contribution in [2.75, 3.05) is 11.9 Å². The molecule has 0 saturated heterocycles. The molecule has 0 spiro atoms. The number of nitrogens with one attached hydrogen (secondary N) is 1. The number of carboxylic acid groups (broad SMARTS) is 1. The molecule has 2 rings (SSSR count). The highest BCUT2D eigenvalue weighted by Crippen LogP contribution is 2.23. The average molecular weight is 243 g/mol. The smallest absolute Gasteiger partial charge is 0.0935 e. The van der Waals surface area contributed by atoms with E-state index in [1.54, 1.807) is 13.1 Å². The Morgan fingerprint density at radius 1 is 1.44 bits per heavy atom. The van der Waals surface area contributed by atoms with Crippen molar-refractivity contribution in [3.8, 4) is 0 Å². The van der Waals surface area contributed by atoms with Gasteiger partial charge in [-0.2, -0.15) is 0 Å². The monoisotopic (exact) mass is 243 g/mol. The standard InChI is InChI=1S/C14H16N2O2/c1-9-6-7-15-13-11(9)4-3-5-12(13)16-8-10(2)14(17)18/h3-7,10,16H,8H2,1-2H3,(H,17,18)/p-1. The van der Waals surface area contributed by atoms with E-state index in [0.717, 1.165) is 22.2 Å². The number of anilines is 1. The number of para-hydroxylation sites is 1. The topological polar surface area (TPSA) is 65.0 Å². The predicted molar refractivity (Wildman–Crippen MR) is 69.1 cm³/mol. The Balaban J connectivity index is 2.29. The summed E-state index contributed by atoms with van der Waals surface area (Å²) >= 11 is 0. The second-order valence-corrected chi connectivity index (χ2v) is 4.43. The van der Waals surface area contributed by atoms with Gasteiger partial charge in [0.15, 0.2) is 0 Å². The third-order valence-corrected chi connectivity index (χ3v) is 2.99. The van der Waals surface area contributed by atoms with Crippen LogP contribution in [0.5, 0.6) is 0 Å². The first-order chi connectivity index (χ1) is 8.59. The molecule has 0 radical (unpaired) electrons. The first kappa shape index (κ1) is 12.4. The molecule has 0 amide bonds. The SMILES string of the molecule is Cc1ccnc2c(NCC(C)C(=O)[O-])cccc12. The van der Waals surface area contributed by atoms with E-state index in [1.807, 2.05) is 31.2 Å². The number of carboxylic acids is 1. The maximum Gasteiger partial charge on any atom is 0.0935 e. The van der Waals surface area contributed by atoms with Crippen molar-refractivity contribution in [2.45, 2.75) is 13.8 Å². The van der Waals surface area contributed by atoms with Gasteiger partial charge in [0, 0.05) is 30.0 Å². The predicted octanol–water partition coefficient (Wildman–Crippen LogP) is 1.34. The van der Waals surface area contributed by atoms with Crippen LogP contribution in [0.15, 0.2) is 30.5 Å². The van der Waals surface area contributed by atoms with Gasteiger partial charge in [0.2, 0.25) is 0 Å². The summed E-state index contributed by atoms with van der Waals surface area (Å²) in [7, 11) is 0. The van der Waals surface area contributed by atoms with E-state index in [4.69, 9.17) is 0 Å². The molecule has 2 aromatic rings. The Hall–Kier alpha value is -2.10. The first-order valence-corrected chi connectivity index (χ1v) is 5.88. The lowest BCUT2D eigenvalue weighted by atomic mass is 10.1. The Morgan fingerprint density at radius 3 is 2.94 bits per heavy atom. The number of pyridine rings is 1. The minimum atomic E-state index is -1.05. The summed E-state index contributed by atoms with van der Waals surface area (Å²) in [4.78, 5) is 15.0. The van der Waals surface area contributed by atoms with Gasteiger partial charge in [-0.25, -0.2) is 0 Å². The zero-order valence-electron chi connectivity index (χ0n) is 10.4. The molecule has 1 aromatic heterocycles. The van der Waals surface area contributed by atoms with Crippen LogP contribution in [0.3, 0.4) is 0 Å². The van der Waals surface area contributed by atoms with Crippen LogP contribution in [-0.4, -0.2) is 17.5 Å². The van der Waals surface area contributed by atoms with Crippen LogP contribution < -0.4 is 10.4 Å². The molecule has 0 aliphatic carbocycles. The summed E-state index contributed by atoms with van der Waals surface area (Å²) in [6.07, 6.45) is 1.75. The lowest BCUT2D eigenvalue weighted by molar-refractivity contribution is -0.310. The van der Waals surface area contributed by atoms with Gasteiger partial charge >= 0.3 is 0 Å². The lowest BCUT2D eigenvalue weighted by Crippen LogP contribution is -2.33. The van der Waals surface area contributed by atoms with Gasteiger partial charge in [0.25, 0.3) is 0 Å². The summed E-state index contributed by atoms with van der Waals surface area (Å²) in [6, 6.07) is 7.79. The molecule has 1 N–H and O–H groups in total. The highest BCUT2D eigenvalue weighted by molar-refractivity contribution is 5.92. The van der Waals surface area contributed by atoms with E-state index < -0.39 is 11.9 Å². The summed E-state index contributed by atoms with van der Waals surface area (Å²) in [6.45, 7) is 3.97. The minimum Gasteiger partial charge on any atom is -0.550 e. The number of hydrogen-bond donors (Lipinski definition) is 1. The molecule has 1 heterocycles. The number of aromatic nitrogens is 1. The van der Waals surface area contributed by atoms with Crippen molar-refractivity contribution in [3.63, 3.8) is 0 Å². The van der Waals surface area contributed by atoms with Gasteiger partial charge in [-0.3, -0.25) is 4.98 Å². The van der Waals surface area contributed by atoms with Crippen molar-refractivity contribution < 1.29 is 9.90 Å². The fraction of sp³-hybridized carbons (Fsp3) is 0.286. The fourth-order valence-electron chi connectivity index (χ4n) is 1.80. The van der Waals surface area contributed by atoms with E-state index in [9.17, 15) is 9.90 Å². The number of carbonyl (C=O) groups excluding carboxylic acids is 1. The average Bonchev–Trinajstić information content (AvgIpc) is 2.36. The van der Waals surface area contributed by atoms with E-state index >= 15 is 0 Å². The molecule has 1 aromatic carbocycles. The lowest BCUT2D eigenvalue weighted by Gasteiger charge is -2.15. The first-order valence-electron chi connectivity index (χ1n) is 5.88. The normalized spacial score (nSPS) is 12.3. The van der Waals surface area contributed by atoms with Gasteiger partial charge in [0.05, 0.1) is 11.2 Å². The van der Waals surface area contributed by atoms with E-state index in [2.05, 4.69) is 10.3 Å². The summed E-state index contributed by atoms with van der Waals surface area (Å²) in [5.74, 6) is -1.59. The number of rotatable bonds is 4. The molecular weight excluding hydrogens is 228 g/mol. The zero-order chi connectivity index (χ0) is 13.1. The van der Waals surface area contributed by atoms with Crippen LogP contribution in [0.1, 0.15) is 12.5 Å². The molecule has 0 aliphatic rings. The molecule has 1 atom stereocenters. The van der Waals surface area contributed by atoms with Crippen molar-refractivity contribution in [1.82, 2.24) is 4.98 Å². The van der Waals surface area contributed by atoms with Gasteiger partial charge in [0.1, 0.15) is 0 Å². The Morgan fingerprint density at radius 2 is 2.22 bits per heavy atom. The summed E-state index contributed by atoms with van der Waals surface area (Å²) in [5, 5.41) is 14.9. The second-order valence-electron chi connectivity index (χ2n) is 4.43. The molecule has 0 bridgehead atoms. The van der Waals surface area contributed by atoms with Crippen LogP contribution in [0, 0.1) is 12.8 Å². The Bertz CT molecular complexity index is 581. The highest BCUT2D eigenvalue weighted by atomic mass is 16.4. The number of aliphatic carboxylic acids is 1. The zero-order valence-corrected chi connectivity index (χ0v) is 10.4. The van der Waals surface area contributed by atoms with Crippen molar-refractivity contribution in [1.29, 1.82) is 0 Å². The van der Waals surface area contributed by atoms with Gasteiger partial charge in [-0.05, 0) is 24.6 Å². The van der Waals surface area contributed by atoms with Crippen LogP contribution in [0.4, 0.5) is 5.69 Å². The third-order valence-electron chi connectivity index (χ3n) is 2.99. The number of aryl methyl sites for hydroxylation is 1. The molecule has 18 heavy (non-hydrogen) atoms. The third kappa shape index (κ3) is 2.42. The van der Waals surface area contributed by atoms with E-state index in [-0.39, 0.29) is 0 Å². The van der Waals surface area contributed by atoms with Crippen LogP contribution in [0.25, 0.3) is 10.9 Å². The van der Waals surface area contributed by atoms with Gasteiger partial charge in [-0.1, -0.05) is 19.1 Å². The minimum absolute atomic E-state index is 0.330. The number of carbonyl (C=O) groups is 1. The van der Waals surface area contributed by atoms with Gasteiger partial charge in [-0.15, -0.1) is 0 Å². The molecule has 94 valence electrons. The molecule has 4 heteroatoms. The number of benzene rings is 1. The largest absolute Gasteiger partial charge is 0.550 e. The molecule has 0 aliphatic heterocycles. The van der Waals surface area contributed by atoms with Gasteiger partial charge < -0.3 is 15.2 Å². The molecular formula is C14H15N2O2-. The van der Waals surface area contributed by atoms with E-state index in [0.29, 0.717) is 6.54 Å². The van der Waals surface area contributed by atoms with Crippen LogP contribution >= 0.6 is 0 Å². The molecule has 0 fully saturated rings. The van der Waals surface area contributed by atoms with E-state index in [1.165, 1.54) is 0 Å². The number of fused-ring (bicyclic) bond motifs is 1. The maximum atomic E-state index is 10.7. The van der Waals surface area contributed by atoms with Crippen molar-refractivity contribution in [3.05, 3.63) is 36.0 Å². The second kappa shape index (κ2) is 5.04. The number of nitrogens with zero attached hydrogens (tertiary/aromatic N) is 1.